The molecule has 0 saturated heterocycles. The minimum Gasteiger partial charge on any atom is -0.484 e. The Balaban J connectivity index is 1.50. The van der Waals surface area contributed by atoms with Crippen LogP contribution < -0.4 is 15.4 Å². The summed E-state index contributed by atoms with van der Waals surface area (Å²) in [5, 5.41) is 14.5. The maximum absolute atomic E-state index is 12.2. The molecule has 7 nitrogen and oxygen atoms in total. The lowest BCUT2D eigenvalue weighted by molar-refractivity contribution is -0.153. The second-order valence-electron chi connectivity index (χ2n) is 5.87. The molecule has 0 bridgehead atoms. The molecule has 2 N–H and O–H groups in total. The van der Waals surface area contributed by atoms with Gasteiger partial charge in [-0.15, -0.1) is 10.2 Å². The first-order chi connectivity index (χ1) is 13.4. The number of aromatic nitrogens is 3. The van der Waals surface area contributed by atoms with Gasteiger partial charge in [-0.05, 0) is 29.8 Å². The number of aliphatic imine (C=N–C) groups is 1. The van der Waals surface area contributed by atoms with E-state index in [2.05, 4.69) is 25.8 Å². The number of hydrogen-bond acceptors (Lipinski definition) is 4. The Labute approximate surface area is 159 Å². The standard InChI is InChI=1S/C18H19F3N6O/c1-22-17(24-11-16-26-25-15-4-2-3-9-27(15)16)23-10-13-5-7-14(8-6-13)28-12-18(19,20)21/h2-9H,10-12H2,1H3,(H2,22,23,24). The van der Waals surface area contributed by atoms with Crippen molar-refractivity contribution in [3.63, 3.8) is 0 Å². The number of halogens is 3. The minimum absolute atomic E-state index is 0.169. The zero-order valence-corrected chi connectivity index (χ0v) is 15.1. The van der Waals surface area contributed by atoms with Gasteiger partial charge in [0.2, 0.25) is 0 Å². The highest BCUT2D eigenvalue weighted by Crippen LogP contribution is 2.18. The number of guanidine groups is 1. The predicted octanol–water partition coefficient (Wildman–Crippen LogP) is 2.54. The van der Waals surface area contributed by atoms with Crippen LogP contribution in [0.15, 0.2) is 53.7 Å². The van der Waals surface area contributed by atoms with E-state index in [1.165, 1.54) is 12.1 Å². The van der Waals surface area contributed by atoms with E-state index in [0.717, 1.165) is 17.0 Å². The first-order valence-electron chi connectivity index (χ1n) is 8.46. The van der Waals surface area contributed by atoms with Gasteiger partial charge in [-0.25, -0.2) is 0 Å². The van der Waals surface area contributed by atoms with E-state index in [0.29, 0.717) is 19.0 Å². The smallest absolute Gasteiger partial charge is 0.422 e. The lowest BCUT2D eigenvalue weighted by atomic mass is 10.2. The fourth-order valence-electron chi connectivity index (χ4n) is 2.45. The van der Waals surface area contributed by atoms with Crippen LogP contribution in [0.1, 0.15) is 11.4 Å². The van der Waals surface area contributed by atoms with E-state index in [-0.39, 0.29) is 5.75 Å². The number of fused-ring (bicyclic) bond motifs is 1. The van der Waals surface area contributed by atoms with Crippen LogP contribution in [0.4, 0.5) is 13.2 Å². The SMILES string of the molecule is CN=C(NCc1ccc(OCC(F)(F)F)cc1)NCc1nnc2ccccn12. The fourth-order valence-corrected chi connectivity index (χ4v) is 2.45. The number of hydrogen-bond donors (Lipinski definition) is 2. The van der Waals surface area contributed by atoms with Crippen LogP contribution in [0.2, 0.25) is 0 Å². The first-order valence-corrected chi connectivity index (χ1v) is 8.46. The lowest BCUT2D eigenvalue weighted by Crippen LogP contribution is -2.36. The maximum Gasteiger partial charge on any atom is 0.422 e. The van der Waals surface area contributed by atoms with Gasteiger partial charge in [0.25, 0.3) is 0 Å². The summed E-state index contributed by atoms with van der Waals surface area (Å²) in [6.45, 7) is -0.437. The monoisotopic (exact) mass is 392 g/mol. The predicted molar refractivity (Wildman–Crippen MR) is 98.0 cm³/mol. The van der Waals surface area contributed by atoms with Crippen LogP contribution >= 0.6 is 0 Å². The molecule has 0 spiro atoms. The van der Waals surface area contributed by atoms with Crippen LogP contribution in [-0.2, 0) is 13.1 Å². The molecule has 0 aliphatic carbocycles. The van der Waals surface area contributed by atoms with E-state index in [1.807, 2.05) is 28.8 Å². The average Bonchev–Trinajstić information content (AvgIpc) is 3.10. The molecular weight excluding hydrogens is 373 g/mol. The topological polar surface area (TPSA) is 75.8 Å². The van der Waals surface area contributed by atoms with Crippen LogP contribution in [0, 0.1) is 0 Å². The Morgan fingerprint density at radius 2 is 1.82 bits per heavy atom. The van der Waals surface area contributed by atoms with Crippen molar-refractivity contribution in [2.45, 2.75) is 19.3 Å². The van der Waals surface area contributed by atoms with Crippen molar-refractivity contribution in [1.82, 2.24) is 25.2 Å². The number of nitrogens with zero attached hydrogens (tertiary/aromatic N) is 4. The third-order valence-electron chi connectivity index (χ3n) is 3.81. The van der Waals surface area contributed by atoms with Crippen molar-refractivity contribution in [2.75, 3.05) is 13.7 Å². The van der Waals surface area contributed by atoms with E-state index in [4.69, 9.17) is 4.74 Å². The first kappa shape index (κ1) is 19.5. The molecule has 0 aliphatic heterocycles. The molecule has 3 aromatic rings. The molecule has 1 aromatic carbocycles. The Morgan fingerprint density at radius 3 is 2.54 bits per heavy atom. The van der Waals surface area contributed by atoms with E-state index >= 15 is 0 Å². The van der Waals surface area contributed by atoms with Gasteiger partial charge in [0, 0.05) is 19.8 Å². The summed E-state index contributed by atoms with van der Waals surface area (Å²) in [6.07, 6.45) is -2.47. The van der Waals surface area contributed by atoms with Gasteiger partial charge < -0.3 is 15.4 Å². The maximum atomic E-state index is 12.2. The summed E-state index contributed by atoms with van der Waals surface area (Å²) in [7, 11) is 1.64. The average molecular weight is 392 g/mol. The molecule has 0 fully saturated rings. The largest absolute Gasteiger partial charge is 0.484 e. The van der Waals surface area contributed by atoms with Crippen molar-refractivity contribution in [1.29, 1.82) is 0 Å². The van der Waals surface area contributed by atoms with Crippen LogP contribution in [0.3, 0.4) is 0 Å². The minimum atomic E-state index is -4.35. The molecule has 0 saturated carbocycles. The molecule has 0 atom stereocenters. The van der Waals surface area contributed by atoms with Gasteiger partial charge in [-0.3, -0.25) is 9.39 Å². The number of ether oxygens (including phenoxy) is 1. The highest BCUT2D eigenvalue weighted by atomic mass is 19.4. The molecular formula is C18H19F3N6O. The van der Waals surface area contributed by atoms with Crippen LogP contribution in [0.5, 0.6) is 5.75 Å². The third-order valence-corrected chi connectivity index (χ3v) is 3.81. The number of pyridine rings is 1. The fraction of sp³-hybridized carbons (Fsp3) is 0.278. The number of benzene rings is 1. The second-order valence-corrected chi connectivity index (χ2v) is 5.87. The van der Waals surface area contributed by atoms with Gasteiger partial charge in [-0.1, -0.05) is 18.2 Å². The lowest BCUT2D eigenvalue weighted by Gasteiger charge is -2.12. The van der Waals surface area contributed by atoms with Gasteiger partial charge in [0.15, 0.2) is 24.0 Å². The molecule has 2 aromatic heterocycles. The Hall–Kier alpha value is -3.30. The Bertz CT molecular complexity index is 936. The zero-order chi connectivity index (χ0) is 20.0. The molecule has 3 rings (SSSR count). The van der Waals surface area contributed by atoms with Crippen molar-refractivity contribution in [3.05, 3.63) is 60.0 Å². The highest BCUT2D eigenvalue weighted by Gasteiger charge is 2.28. The summed E-state index contributed by atoms with van der Waals surface area (Å²) in [4.78, 5) is 4.14. The van der Waals surface area contributed by atoms with Crippen molar-refractivity contribution in [2.24, 2.45) is 4.99 Å². The van der Waals surface area contributed by atoms with Crippen molar-refractivity contribution < 1.29 is 17.9 Å². The van der Waals surface area contributed by atoms with Crippen molar-refractivity contribution >= 4 is 11.6 Å². The molecule has 148 valence electrons. The molecule has 0 aliphatic rings. The number of nitrogens with one attached hydrogen (secondary N) is 2. The van der Waals surface area contributed by atoms with Crippen LogP contribution in [0.25, 0.3) is 5.65 Å². The van der Waals surface area contributed by atoms with Gasteiger partial charge >= 0.3 is 6.18 Å². The molecule has 0 amide bonds. The van der Waals surface area contributed by atoms with Gasteiger partial charge in [-0.2, -0.15) is 13.2 Å². The highest BCUT2D eigenvalue weighted by molar-refractivity contribution is 5.79. The van der Waals surface area contributed by atoms with E-state index < -0.39 is 12.8 Å². The summed E-state index contributed by atoms with van der Waals surface area (Å²) < 4.78 is 43.1. The zero-order valence-electron chi connectivity index (χ0n) is 15.1. The van der Waals surface area contributed by atoms with E-state index in [9.17, 15) is 13.2 Å². The quantitative estimate of drug-likeness (QED) is 0.498. The summed E-state index contributed by atoms with van der Waals surface area (Å²) in [5.41, 5.74) is 1.63. The third kappa shape index (κ3) is 5.35. The molecule has 0 unspecified atom stereocenters. The molecule has 0 radical (unpaired) electrons. The second kappa shape index (κ2) is 8.59. The van der Waals surface area contributed by atoms with Crippen LogP contribution in [-0.4, -0.2) is 40.4 Å². The van der Waals surface area contributed by atoms with Gasteiger partial charge in [0.05, 0.1) is 6.54 Å². The normalized spacial score (nSPS) is 12.2. The van der Waals surface area contributed by atoms with Gasteiger partial charge in [0.1, 0.15) is 5.75 Å². The number of alkyl halides is 3. The van der Waals surface area contributed by atoms with Crippen molar-refractivity contribution in [3.8, 4) is 5.75 Å². The Kier molecular flexibility index (Phi) is 5.97. The molecule has 28 heavy (non-hydrogen) atoms. The summed E-state index contributed by atoms with van der Waals surface area (Å²) in [5.74, 6) is 1.47. The summed E-state index contributed by atoms with van der Waals surface area (Å²) in [6, 6.07) is 12.0. The molecule has 2 heterocycles. The number of rotatable bonds is 6. The summed E-state index contributed by atoms with van der Waals surface area (Å²) >= 11 is 0. The molecule has 10 heteroatoms. The Morgan fingerprint density at radius 1 is 1.07 bits per heavy atom. The van der Waals surface area contributed by atoms with E-state index in [1.54, 1.807) is 19.2 Å².